The van der Waals surface area contributed by atoms with Crippen molar-refractivity contribution < 1.29 is 19.8 Å². The second-order valence-electron chi connectivity index (χ2n) is 5.04. The smallest absolute Gasteiger partial charge is 0.335 e. The standard InChI is InChI=1S/C15H19NO4/c17-10-2-4-13-3-1-9-16(13)14(18)11-5-7-12(8-6-11)15(19)20/h5-8,13,17H,1-4,9-10H2,(H,19,20). The van der Waals surface area contributed by atoms with E-state index in [1.807, 2.05) is 4.90 Å². The zero-order chi connectivity index (χ0) is 14.5. The van der Waals surface area contributed by atoms with Crippen LogP contribution in [0.5, 0.6) is 0 Å². The summed E-state index contributed by atoms with van der Waals surface area (Å²) in [7, 11) is 0. The van der Waals surface area contributed by atoms with Crippen molar-refractivity contribution in [1.82, 2.24) is 4.90 Å². The molecule has 2 N–H and O–H groups in total. The van der Waals surface area contributed by atoms with Crippen molar-refractivity contribution in [2.45, 2.75) is 31.7 Å². The highest BCUT2D eigenvalue weighted by molar-refractivity contribution is 5.96. The molecule has 20 heavy (non-hydrogen) atoms. The maximum absolute atomic E-state index is 12.4. The molecule has 1 amide bonds. The Hall–Kier alpha value is -1.88. The van der Waals surface area contributed by atoms with Gasteiger partial charge in [0.05, 0.1) is 5.56 Å². The first-order valence-corrected chi connectivity index (χ1v) is 6.88. The molecule has 2 rings (SSSR count). The highest BCUT2D eigenvalue weighted by Gasteiger charge is 2.28. The van der Waals surface area contributed by atoms with E-state index in [0.717, 1.165) is 25.8 Å². The number of benzene rings is 1. The fourth-order valence-corrected chi connectivity index (χ4v) is 2.65. The molecular weight excluding hydrogens is 258 g/mol. The first-order chi connectivity index (χ1) is 9.63. The van der Waals surface area contributed by atoms with Crippen LogP contribution in [0.15, 0.2) is 24.3 Å². The quantitative estimate of drug-likeness (QED) is 0.859. The predicted octanol–water partition coefficient (Wildman–Crippen LogP) is 1.76. The lowest BCUT2D eigenvalue weighted by molar-refractivity contribution is 0.0691. The summed E-state index contributed by atoms with van der Waals surface area (Å²) in [6.45, 7) is 0.876. The van der Waals surface area contributed by atoms with Gasteiger partial charge < -0.3 is 15.1 Å². The van der Waals surface area contributed by atoms with E-state index >= 15 is 0 Å². The van der Waals surface area contributed by atoms with Crippen molar-refractivity contribution in [1.29, 1.82) is 0 Å². The molecule has 5 heteroatoms. The molecule has 1 fully saturated rings. The van der Waals surface area contributed by atoms with E-state index in [0.29, 0.717) is 12.0 Å². The number of aromatic carboxylic acids is 1. The summed E-state index contributed by atoms with van der Waals surface area (Å²) in [6, 6.07) is 6.22. The number of amides is 1. The van der Waals surface area contributed by atoms with Gasteiger partial charge in [0, 0.05) is 24.8 Å². The fourth-order valence-electron chi connectivity index (χ4n) is 2.65. The SMILES string of the molecule is O=C(O)c1ccc(C(=O)N2CCCC2CCCO)cc1. The third-order valence-electron chi connectivity index (χ3n) is 3.71. The van der Waals surface area contributed by atoms with Gasteiger partial charge in [-0.25, -0.2) is 4.79 Å². The molecule has 0 aliphatic carbocycles. The summed E-state index contributed by atoms with van der Waals surface area (Å²) in [6.07, 6.45) is 3.47. The number of likely N-dealkylation sites (tertiary alicyclic amines) is 1. The summed E-state index contributed by atoms with van der Waals surface area (Å²) < 4.78 is 0. The van der Waals surface area contributed by atoms with E-state index in [2.05, 4.69) is 0 Å². The molecule has 1 atom stereocenters. The number of carboxylic acids is 1. The minimum absolute atomic E-state index is 0.0534. The first kappa shape index (κ1) is 14.5. The van der Waals surface area contributed by atoms with E-state index in [9.17, 15) is 9.59 Å². The second kappa shape index (κ2) is 6.52. The monoisotopic (exact) mass is 277 g/mol. The van der Waals surface area contributed by atoms with Crippen LogP contribution >= 0.6 is 0 Å². The highest BCUT2D eigenvalue weighted by Crippen LogP contribution is 2.23. The fraction of sp³-hybridized carbons (Fsp3) is 0.467. The van der Waals surface area contributed by atoms with Crippen molar-refractivity contribution in [2.24, 2.45) is 0 Å². The molecule has 1 heterocycles. The van der Waals surface area contributed by atoms with Crippen molar-refractivity contribution in [2.75, 3.05) is 13.2 Å². The largest absolute Gasteiger partial charge is 0.478 e. The van der Waals surface area contributed by atoms with Gasteiger partial charge in [0.1, 0.15) is 0 Å². The molecule has 0 spiro atoms. The summed E-state index contributed by atoms with van der Waals surface area (Å²) in [4.78, 5) is 25.0. The van der Waals surface area contributed by atoms with Crippen LogP contribution in [0.25, 0.3) is 0 Å². The van der Waals surface area contributed by atoms with Crippen LogP contribution in [0.1, 0.15) is 46.4 Å². The molecule has 1 aliphatic rings. The minimum atomic E-state index is -0.994. The van der Waals surface area contributed by atoms with Crippen molar-refractivity contribution in [3.63, 3.8) is 0 Å². The Morgan fingerprint density at radius 1 is 1.20 bits per heavy atom. The molecule has 1 saturated heterocycles. The van der Waals surface area contributed by atoms with Gasteiger partial charge in [-0.2, -0.15) is 0 Å². The lowest BCUT2D eigenvalue weighted by Gasteiger charge is -2.24. The number of carbonyl (C=O) groups is 2. The Morgan fingerprint density at radius 2 is 1.85 bits per heavy atom. The molecule has 0 aromatic heterocycles. The maximum atomic E-state index is 12.4. The Morgan fingerprint density at radius 3 is 2.45 bits per heavy atom. The number of aliphatic hydroxyl groups excluding tert-OH is 1. The van der Waals surface area contributed by atoms with Crippen molar-refractivity contribution >= 4 is 11.9 Å². The van der Waals surface area contributed by atoms with Gasteiger partial charge in [0.2, 0.25) is 0 Å². The number of carbonyl (C=O) groups excluding carboxylic acids is 1. The zero-order valence-corrected chi connectivity index (χ0v) is 11.3. The molecule has 0 saturated carbocycles. The normalized spacial score (nSPS) is 18.2. The molecule has 1 aromatic rings. The number of hydrogen-bond acceptors (Lipinski definition) is 3. The van der Waals surface area contributed by atoms with Gasteiger partial charge in [-0.3, -0.25) is 4.79 Å². The Kier molecular flexibility index (Phi) is 4.74. The first-order valence-electron chi connectivity index (χ1n) is 6.88. The summed E-state index contributed by atoms with van der Waals surface area (Å²) in [5.41, 5.74) is 0.700. The number of aliphatic hydroxyl groups is 1. The van der Waals surface area contributed by atoms with Crippen LogP contribution in [-0.4, -0.2) is 46.2 Å². The van der Waals surface area contributed by atoms with E-state index in [1.54, 1.807) is 12.1 Å². The molecule has 1 aliphatic heterocycles. The second-order valence-corrected chi connectivity index (χ2v) is 5.04. The van der Waals surface area contributed by atoms with Crippen LogP contribution < -0.4 is 0 Å². The molecule has 1 aromatic carbocycles. The van der Waals surface area contributed by atoms with Crippen LogP contribution in [0.4, 0.5) is 0 Å². The predicted molar refractivity (Wildman–Crippen MR) is 73.8 cm³/mol. The van der Waals surface area contributed by atoms with Gasteiger partial charge in [0.25, 0.3) is 5.91 Å². The molecule has 0 bridgehead atoms. The number of rotatable bonds is 5. The molecule has 108 valence electrons. The van der Waals surface area contributed by atoms with E-state index in [4.69, 9.17) is 10.2 Å². The molecule has 0 radical (unpaired) electrons. The third kappa shape index (κ3) is 3.17. The van der Waals surface area contributed by atoms with Crippen LogP contribution in [0.2, 0.25) is 0 Å². The maximum Gasteiger partial charge on any atom is 0.335 e. The lowest BCUT2D eigenvalue weighted by atomic mass is 10.1. The van der Waals surface area contributed by atoms with Gasteiger partial charge >= 0.3 is 5.97 Å². The average Bonchev–Trinajstić information content (AvgIpc) is 2.92. The van der Waals surface area contributed by atoms with Crippen molar-refractivity contribution in [3.05, 3.63) is 35.4 Å². The average molecular weight is 277 g/mol. The summed E-state index contributed by atoms with van der Waals surface area (Å²) in [5, 5.41) is 17.7. The van der Waals surface area contributed by atoms with Crippen LogP contribution in [0.3, 0.4) is 0 Å². The van der Waals surface area contributed by atoms with E-state index < -0.39 is 5.97 Å². The Balaban J connectivity index is 2.07. The van der Waals surface area contributed by atoms with Gasteiger partial charge in [-0.15, -0.1) is 0 Å². The highest BCUT2D eigenvalue weighted by atomic mass is 16.4. The van der Waals surface area contributed by atoms with E-state index in [-0.39, 0.29) is 24.1 Å². The van der Waals surface area contributed by atoms with Crippen molar-refractivity contribution in [3.8, 4) is 0 Å². The van der Waals surface area contributed by atoms with Gasteiger partial charge in [-0.05, 0) is 49.9 Å². The summed E-state index contributed by atoms with van der Waals surface area (Å²) in [5.74, 6) is -1.05. The van der Waals surface area contributed by atoms with Gasteiger partial charge in [-0.1, -0.05) is 0 Å². The Labute approximate surface area is 117 Å². The topological polar surface area (TPSA) is 77.8 Å². The van der Waals surface area contributed by atoms with Crippen LogP contribution in [-0.2, 0) is 0 Å². The Bertz CT molecular complexity index is 483. The van der Waals surface area contributed by atoms with E-state index in [1.165, 1.54) is 12.1 Å². The third-order valence-corrected chi connectivity index (χ3v) is 3.71. The minimum Gasteiger partial charge on any atom is -0.478 e. The lowest BCUT2D eigenvalue weighted by Crippen LogP contribution is -2.35. The molecule has 5 nitrogen and oxygen atoms in total. The summed E-state index contributed by atoms with van der Waals surface area (Å²) >= 11 is 0. The molecular formula is C15H19NO4. The van der Waals surface area contributed by atoms with Crippen LogP contribution in [0, 0.1) is 0 Å². The number of hydrogen-bond donors (Lipinski definition) is 2. The number of nitrogens with zero attached hydrogens (tertiary/aromatic N) is 1. The van der Waals surface area contributed by atoms with Gasteiger partial charge in [0.15, 0.2) is 0 Å². The molecule has 1 unspecified atom stereocenters. The zero-order valence-electron chi connectivity index (χ0n) is 11.3. The number of carboxylic acid groups (broad SMARTS) is 1.